The second kappa shape index (κ2) is 3.45. The van der Waals surface area contributed by atoms with E-state index in [2.05, 4.69) is 11.9 Å². The fourth-order valence-corrected chi connectivity index (χ4v) is 2.69. The largest absolute Gasteiger partial charge is 0.369 e. The zero-order valence-electron chi connectivity index (χ0n) is 9.86. The average Bonchev–Trinajstić information content (AvgIpc) is 3.10. The number of nitrogens with two attached hydrogens (primary N) is 1. The van der Waals surface area contributed by atoms with E-state index >= 15 is 0 Å². The van der Waals surface area contributed by atoms with Crippen LogP contribution in [0.1, 0.15) is 19.8 Å². The molecule has 0 radical (unpaired) electrons. The highest BCUT2D eigenvalue weighted by Crippen LogP contribution is 2.46. The first kappa shape index (κ1) is 10.6. The summed E-state index contributed by atoms with van der Waals surface area (Å²) in [5.41, 5.74) is 6.33. The van der Waals surface area contributed by atoms with E-state index in [9.17, 15) is 4.39 Å². The lowest BCUT2D eigenvalue weighted by Gasteiger charge is -2.36. The molecule has 1 aromatic rings. The van der Waals surface area contributed by atoms with Gasteiger partial charge >= 0.3 is 0 Å². The molecule has 0 aromatic heterocycles. The molecule has 4 heteroatoms. The van der Waals surface area contributed by atoms with Crippen LogP contribution in [0.25, 0.3) is 0 Å². The van der Waals surface area contributed by atoms with E-state index in [0.717, 1.165) is 0 Å². The third-order valence-corrected chi connectivity index (χ3v) is 3.85. The van der Waals surface area contributed by atoms with Crippen LogP contribution in [-0.2, 0) is 0 Å². The first-order valence-electron chi connectivity index (χ1n) is 5.97. The second-order valence-electron chi connectivity index (χ2n) is 5.09. The summed E-state index contributed by atoms with van der Waals surface area (Å²) < 4.78 is 13.9. The maximum Gasteiger partial charge on any atom is 0.196 e. The molecule has 2 N–H and O–H groups in total. The van der Waals surface area contributed by atoms with Gasteiger partial charge in [-0.1, -0.05) is 12.1 Å². The Bertz CT molecular complexity index is 481. The number of anilines is 1. The summed E-state index contributed by atoms with van der Waals surface area (Å²) in [5, 5.41) is 0. The van der Waals surface area contributed by atoms with Gasteiger partial charge in [-0.3, -0.25) is 4.99 Å². The van der Waals surface area contributed by atoms with E-state index in [1.165, 1.54) is 18.9 Å². The Morgan fingerprint density at radius 1 is 1.41 bits per heavy atom. The Hall–Kier alpha value is -1.58. The second-order valence-corrected chi connectivity index (χ2v) is 5.09. The Morgan fingerprint density at radius 2 is 2.12 bits per heavy atom. The lowest BCUT2D eigenvalue weighted by atomic mass is 9.94. The average molecular weight is 233 g/mol. The molecule has 1 aliphatic carbocycles. The summed E-state index contributed by atoms with van der Waals surface area (Å²) in [5.74, 6) is 0.774. The number of hydrogen-bond donors (Lipinski definition) is 1. The van der Waals surface area contributed by atoms with E-state index in [4.69, 9.17) is 5.73 Å². The summed E-state index contributed by atoms with van der Waals surface area (Å²) in [4.78, 5) is 6.18. The Kier molecular flexibility index (Phi) is 2.15. The molecule has 1 atom stereocenters. The molecule has 17 heavy (non-hydrogen) atoms. The Morgan fingerprint density at radius 3 is 2.76 bits per heavy atom. The molecule has 3 rings (SSSR count). The van der Waals surface area contributed by atoms with Crippen LogP contribution in [0.2, 0.25) is 0 Å². The van der Waals surface area contributed by atoms with Gasteiger partial charge < -0.3 is 10.6 Å². The molecule has 0 spiro atoms. The van der Waals surface area contributed by atoms with Crippen LogP contribution in [0.5, 0.6) is 0 Å². The number of benzene rings is 1. The van der Waals surface area contributed by atoms with Gasteiger partial charge in [0.2, 0.25) is 0 Å². The fraction of sp³-hybridized carbons (Fsp3) is 0.462. The number of halogens is 1. The molecule has 1 fully saturated rings. The minimum atomic E-state index is -0.237. The van der Waals surface area contributed by atoms with E-state index in [0.29, 0.717) is 24.1 Å². The molecule has 0 amide bonds. The molecular weight excluding hydrogens is 217 g/mol. The van der Waals surface area contributed by atoms with Gasteiger partial charge in [-0.2, -0.15) is 0 Å². The molecule has 90 valence electrons. The standard InChI is InChI=1S/C13H16FN3/c1-13(9-6-7-9)8-16-12(15)17(13)11-5-3-2-4-10(11)14/h2-5,9H,6-8H2,1H3,(H2,15,16). The number of aliphatic imine (C=N–C) groups is 1. The van der Waals surface area contributed by atoms with Crippen LogP contribution in [0.4, 0.5) is 10.1 Å². The molecule has 1 aromatic carbocycles. The quantitative estimate of drug-likeness (QED) is 0.850. The third-order valence-electron chi connectivity index (χ3n) is 3.85. The van der Waals surface area contributed by atoms with Gasteiger partial charge in [-0.15, -0.1) is 0 Å². The van der Waals surface area contributed by atoms with Crippen molar-refractivity contribution in [3.8, 4) is 0 Å². The van der Waals surface area contributed by atoms with Crippen molar-refractivity contribution in [3.05, 3.63) is 30.1 Å². The topological polar surface area (TPSA) is 41.6 Å². The molecule has 2 aliphatic rings. The third kappa shape index (κ3) is 1.51. The van der Waals surface area contributed by atoms with E-state index in [1.807, 2.05) is 11.0 Å². The number of hydrogen-bond acceptors (Lipinski definition) is 3. The monoisotopic (exact) mass is 233 g/mol. The van der Waals surface area contributed by atoms with Gasteiger partial charge in [-0.05, 0) is 37.8 Å². The molecule has 1 heterocycles. The highest BCUT2D eigenvalue weighted by atomic mass is 19.1. The predicted octanol–water partition coefficient (Wildman–Crippen LogP) is 2.13. The van der Waals surface area contributed by atoms with E-state index in [-0.39, 0.29) is 11.4 Å². The summed E-state index contributed by atoms with van der Waals surface area (Å²) >= 11 is 0. The van der Waals surface area contributed by atoms with E-state index in [1.54, 1.807) is 12.1 Å². The van der Waals surface area contributed by atoms with Gasteiger partial charge in [0.15, 0.2) is 5.96 Å². The summed E-state index contributed by atoms with van der Waals surface area (Å²) in [7, 11) is 0. The molecule has 0 saturated heterocycles. The molecule has 3 nitrogen and oxygen atoms in total. The highest BCUT2D eigenvalue weighted by molar-refractivity contribution is 5.98. The van der Waals surface area contributed by atoms with Crippen molar-refractivity contribution in [1.82, 2.24) is 0 Å². The molecular formula is C13H16FN3. The summed E-state index contributed by atoms with van der Waals surface area (Å²) in [6.07, 6.45) is 2.37. The molecule has 0 bridgehead atoms. The number of guanidine groups is 1. The van der Waals surface area contributed by atoms with Crippen molar-refractivity contribution in [3.63, 3.8) is 0 Å². The van der Waals surface area contributed by atoms with Crippen molar-refractivity contribution in [2.75, 3.05) is 11.4 Å². The number of nitrogens with zero attached hydrogens (tertiary/aromatic N) is 2. The van der Waals surface area contributed by atoms with Crippen molar-refractivity contribution in [2.45, 2.75) is 25.3 Å². The van der Waals surface area contributed by atoms with Crippen LogP contribution in [0.3, 0.4) is 0 Å². The minimum Gasteiger partial charge on any atom is -0.369 e. The number of para-hydroxylation sites is 1. The van der Waals surface area contributed by atoms with Crippen LogP contribution in [-0.4, -0.2) is 18.0 Å². The van der Waals surface area contributed by atoms with Crippen molar-refractivity contribution in [1.29, 1.82) is 0 Å². The summed E-state index contributed by atoms with van der Waals surface area (Å²) in [6.45, 7) is 2.79. The van der Waals surface area contributed by atoms with Gasteiger partial charge in [0.05, 0.1) is 17.8 Å². The van der Waals surface area contributed by atoms with Gasteiger partial charge in [0, 0.05) is 0 Å². The van der Waals surface area contributed by atoms with Crippen molar-refractivity contribution >= 4 is 11.6 Å². The number of rotatable bonds is 2. The minimum absolute atomic E-state index is 0.147. The van der Waals surface area contributed by atoms with Crippen LogP contribution >= 0.6 is 0 Å². The van der Waals surface area contributed by atoms with Crippen LogP contribution in [0.15, 0.2) is 29.3 Å². The molecule has 1 saturated carbocycles. The Labute approximate surface area is 100 Å². The summed E-state index contributed by atoms with van der Waals surface area (Å²) in [6, 6.07) is 6.76. The normalized spacial score (nSPS) is 28.4. The van der Waals surface area contributed by atoms with Gasteiger partial charge in [0.25, 0.3) is 0 Å². The van der Waals surface area contributed by atoms with Crippen molar-refractivity contribution < 1.29 is 4.39 Å². The lowest BCUT2D eigenvalue weighted by molar-refractivity contribution is 0.435. The Balaban J connectivity index is 2.05. The zero-order valence-corrected chi connectivity index (χ0v) is 9.86. The maximum absolute atomic E-state index is 13.9. The van der Waals surface area contributed by atoms with Gasteiger partial charge in [0.1, 0.15) is 5.82 Å². The first-order chi connectivity index (χ1) is 8.13. The highest BCUT2D eigenvalue weighted by Gasteiger charge is 2.50. The molecule has 1 unspecified atom stereocenters. The lowest BCUT2D eigenvalue weighted by Crippen LogP contribution is -2.51. The molecule has 1 aliphatic heterocycles. The maximum atomic E-state index is 13.9. The SMILES string of the molecule is CC1(C2CC2)CN=C(N)N1c1ccccc1F. The zero-order chi connectivity index (χ0) is 12.0. The smallest absolute Gasteiger partial charge is 0.196 e. The predicted molar refractivity (Wildman–Crippen MR) is 66.5 cm³/mol. The van der Waals surface area contributed by atoms with Crippen LogP contribution in [0, 0.1) is 11.7 Å². The van der Waals surface area contributed by atoms with Gasteiger partial charge in [-0.25, -0.2) is 4.39 Å². The van der Waals surface area contributed by atoms with E-state index < -0.39 is 0 Å². The first-order valence-corrected chi connectivity index (χ1v) is 5.97. The fourth-order valence-electron chi connectivity index (χ4n) is 2.69. The van der Waals surface area contributed by atoms with Crippen LogP contribution < -0.4 is 10.6 Å². The van der Waals surface area contributed by atoms with Crippen molar-refractivity contribution in [2.24, 2.45) is 16.6 Å².